The Balaban J connectivity index is 1.20. The van der Waals surface area contributed by atoms with Crippen molar-refractivity contribution in [3.05, 3.63) is 124 Å². The van der Waals surface area contributed by atoms with Crippen LogP contribution in [0.4, 0.5) is 15.5 Å². The Morgan fingerprint density at radius 1 is 0.917 bits per heavy atom. The van der Waals surface area contributed by atoms with Crippen LogP contribution in [0.3, 0.4) is 0 Å². The highest BCUT2D eigenvalue weighted by molar-refractivity contribution is 8.00. The molecule has 0 radical (unpaired) electrons. The molecule has 2 heterocycles. The minimum Gasteiger partial charge on any atom is -0.444 e. The maximum atomic E-state index is 14.0. The number of ether oxygens (including phenoxy) is 1. The van der Waals surface area contributed by atoms with Gasteiger partial charge in [-0.2, -0.15) is 5.26 Å². The van der Waals surface area contributed by atoms with Gasteiger partial charge >= 0.3 is 6.09 Å². The number of hydrogen-bond donors (Lipinski definition) is 2. The third-order valence-corrected chi connectivity index (χ3v) is 10.1. The lowest BCUT2D eigenvalue weighted by Crippen LogP contribution is -2.39. The van der Waals surface area contributed by atoms with E-state index in [-0.39, 0.29) is 11.8 Å². The van der Waals surface area contributed by atoms with Crippen molar-refractivity contribution in [2.24, 2.45) is 0 Å². The molecule has 0 fully saturated rings. The number of carbonyl (C=O) groups is 3. The van der Waals surface area contributed by atoms with E-state index in [1.807, 2.05) is 112 Å². The van der Waals surface area contributed by atoms with Crippen molar-refractivity contribution in [1.82, 2.24) is 4.90 Å². The van der Waals surface area contributed by atoms with Crippen molar-refractivity contribution in [3.8, 4) is 6.07 Å². The molecule has 4 aromatic carbocycles. The summed E-state index contributed by atoms with van der Waals surface area (Å²) in [7, 11) is 0. The number of rotatable bonds is 7. The first-order valence-corrected chi connectivity index (χ1v) is 17.2. The van der Waals surface area contributed by atoms with Gasteiger partial charge in [0.05, 0.1) is 12.1 Å². The van der Waals surface area contributed by atoms with Crippen LogP contribution in [0, 0.1) is 11.3 Å². The van der Waals surface area contributed by atoms with Gasteiger partial charge in [0, 0.05) is 27.6 Å². The molecule has 1 aliphatic rings. The predicted octanol–water partition coefficient (Wildman–Crippen LogP) is 8.79. The van der Waals surface area contributed by atoms with Gasteiger partial charge in [-0.1, -0.05) is 66.7 Å². The van der Waals surface area contributed by atoms with Gasteiger partial charge in [-0.25, -0.2) is 4.79 Å². The zero-order valence-electron chi connectivity index (χ0n) is 26.8. The maximum absolute atomic E-state index is 14.0. The highest BCUT2D eigenvalue weighted by Gasteiger charge is 2.31. The number of thioether (sulfide) groups is 1. The fourth-order valence-corrected chi connectivity index (χ4v) is 7.79. The van der Waals surface area contributed by atoms with Crippen molar-refractivity contribution in [3.63, 3.8) is 0 Å². The summed E-state index contributed by atoms with van der Waals surface area (Å²) in [6.45, 7) is 6.22. The van der Waals surface area contributed by atoms with Crippen LogP contribution in [0.1, 0.15) is 57.9 Å². The molecule has 0 aliphatic carbocycles. The first-order valence-electron chi connectivity index (χ1n) is 15.5. The maximum Gasteiger partial charge on any atom is 0.410 e. The number of nitrogens with zero attached hydrogens (tertiary/aromatic N) is 2. The second-order valence-corrected chi connectivity index (χ2v) is 14.7. The largest absolute Gasteiger partial charge is 0.444 e. The van der Waals surface area contributed by atoms with Gasteiger partial charge in [-0.3, -0.25) is 9.59 Å². The van der Waals surface area contributed by atoms with E-state index in [1.54, 1.807) is 11.0 Å². The summed E-state index contributed by atoms with van der Waals surface area (Å²) in [4.78, 5) is 43.2. The molecular weight excluding hydrogens is 641 g/mol. The fraction of sp³-hybridized carbons (Fsp3) is 0.211. The van der Waals surface area contributed by atoms with Gasteiger partial charge in [0.2, 0.25) is 5.91 Å². The lowest BCUT2D eigenvalue weighted by atomic mass is 10.0. The molecule has 3 amide bonds. The average Bonchev–Trinajstić information content (AvgIpc) is 3.42. The van der Waals surface area contributed by atoms with Gasteiger partial charge in [0.1, 0.15) is 21.9 Å². The summed E-state index contributed by atoms with van der Waals surface area (Å²) in [5.74, 6) is -0.507. The lowest BCUT2D eigenvalue weighted by Gasteiger charge is -2.29. The van der Waals surface area contributed by atoms with E-state index in [2.05, 4.69) is 16.7 Å². The monoisotopic (exact) mass is 674 g/mol. The molecule has 0 saturated heterocycles. The number of thiophene rings is 1. The number of hydrogen-bond acceptors (Lipinski definition) is 7. The van der Waals surface area contributed by atoms with Crippen LogP contribution in [0.5, 0.6) is 0 Å². The van der Waals surface area contributed by atoms with E-state index in [4.69, 9.17) is 4.74 Å². The Kier molecular flexibility index (Phi) is 9.53. The van der Waals surface area contributed by atoms with Gasteiger partial charge in [0.15, 0.2) is 0 Å². The second kappa shape index (κ2) is 13.9. The van der Waals surface area contributed by atoms with E-state index < -0.39 is 16.9 Å². The summed E-state index contributed by atoms with van der Waals surface area (Å²) < 4.78 is 5.56. The van der Waals surface area contributed by atoms with E-state index in [0.29, 0.717) is 41.3 Å². The molecule has 1 aliphatic heterocycles. The van der Waals surface area contributed by atoms with Crippen LogP contribution < -0.4 is 10.6 Å². The minimum absolute atomic E-state index is 0.226. The van der Waals surface area contributed by atoms with Crippen molar-refractivity contribution in [2.75, 3.05) is 17.2 Å². The number of anilines is 2. The zero-order valence-corrected chi connectivity index (χ0v) is 28.4. The smallest absolute Gasteiger partial charge is 0.410 e. The van der Waals surface area contributed by atoms with Crippen LogP contribution in [0.2, 0.25) is 0 Å². The van der Waals surface area contributed by atoms with Gasteiger partial charge < -0.3 is 20.3 Å². The highest BCUT2D eigenvalue weighted by atomic mass is 32.2. The van der Waals surface area contributed by atoms with Crippen LogP contribution in [-0.4, -0.2) is 35.0 Å². The number of carbonyl (C=O) groups excluding carboxylic acids is 3. The Hall–Kier alpha value is -5.11. The highest BCUT2D eigenvalue weighted by Crippen LogP contribution is 2.41. The third-order valence-electron chi connectivity index (χ3n) is 7.76. The molecule has 1 unspecified atom stereocenters. The molecule has 2 N–H and O–H groups in total. The number of nitrogens with one attached hydrogen (secondary N) is 2. The standard InChI is InChI=1S/C38H34N4O4S2/c1-38(2,3)46-37(45)42-19-18-30-31(22-39)36(48-32(30)23-42)41-35(44)33(25-11-5-4-6-12-25)47-29-15-9-14-28(21-29)40-34(43)27-17-16-24-10-7-8-13-26(24)20-27/h4-17,20-21,33H,18-19,23H2,1-3H3,(H,40,43)(H,41,44). The zero-order chi connectivity index (χ0) is 33.8. The van der Waals surface area contributed by atoms with E-state index in [1.165, 1.54) is 23.1 Å². The Morgan fingerprint density at radius 2 is 1.67 bits per heavy atom. The van der Waals surface area contributed by atoms with Crippen molar-refractivity contribution >= 4 is 62.5 Å². The molecule has 242 valence electrons. The molecule has 48 heavy (non-hydrogen) atoms. The summed E-state index contributed by atoms with van der Waals surface area (Å²) in [6.07, 6.45) is 0.0974. The van der Waals surface area contributed by atoms with Crippen LogP contribution in [0.25, 0.3) is 10.8 Å². The minimum atomic E-state index is -0.651. The van der Waals surface area contributed by atoms with Gasteiger partial charge in [-0.15, -0.1) is 23.1 Å². The molecule has 8 nitrogen and oxygen atoms in total. The Morgan fingerprint density at radius 3 is 2.42 bits per heavy atom. The number of benzene rings is 4. The molecule has 6 rings (SSSR count). The summed E-state index contributed by atoms with van der Waals surface area (Å²) in [5, 5.41) is 18.0. The number of amides is 3. The quantitative estimate of drug-likeness (QED) is 0.167. The topological polar surface area (TPSA) is 112 Å². The molecule has 5 aromatic rings. The first-order chi connectivity index (χ1) is 23.1. The van der Waals surface area contributed by atoms with Crippen molar-refractivity contribution < 1.29 is 19.1 Å². The first kappa shape index (κ1) is 32.8. The molecule has 1 atom stereocenters. The SMILES string of the molecule is CC(C)(C)OC(=O)N1CCc2c(sc(NC(=O)C(Sc3cccc(NC(=O)c4ccc5ccccc5c4)c3)c3ccccc3)c2C#N)C1. The van der Waals surface area contributed by atoms with Crippen molar-refractivity contribution in [1.29, 1.82) is 5.26 Å². The molecule has 0 spiro atoms. The van der Waals surface area contributed by atoms with Crippen LogP contribution in [0.15, 0.2) is 102 Å². The fourth-order valence-electron chi connectivity index (χ4n) is 5.49. The normalized spacial score (nSPS) is 13.2. The number of nitriles is 1. The molecule has 0 saturated carbocycles. The summed E-state index contributed by atoms with van der Waals surface area (Å²) >= 11 is 2.67. The Labute approximate surface area is 287 Å². The van der Waals surface area contributed by atoms with Crippen LogP contribution in [-0.2, 0) is 22.5 Å². The van der Waals surface area contributed by atoms with E-state index >= 15 is 0 Å². The molecule has 10 heteroatoms. The summed E-state index contributed by atoms with van der Waals surface area (Å²) in [5.41, 5.74) is 2.63. The predicted molar refractivity (Wildman–Crippen MR) is 191 cm³/mol. The average molecular weight is 675 g/mol. The Bertz CT molecular complexity index is 2050. The molecule has 0 bridgehead atoms. The molecule has 1 aromatic heterocycles. The molecular formula is C38H34N4O4S2. The van der Waals surface area contributed by atoms with E-state index in [9.17, 15) is 19.6 Å². The van der Waals surface area contributed by atoms with Crippen molar-refractivity contribution in [2.45, 2.75) is 49.5 Å². The summed E-state index contributed by atoms with van der Waals surface area (Å²) in [6, 6.07) is 32.6. The van der Waals surface area contributed by atoms with E-state index in [0.717, 1.165) is 31.7 Å². The number of fused-ring (bicyclic) bond motifs is 2. The van der Waals surface area contributed by atoms with Crippen LogP contribution >= 0.6 is 23.1 Å². The second-order valence-electron chi connectivity index (χ2n) is 12.4. The lowest BCUT2D eigenvalue weighted by molar-refractivity contribution is -0.115. The van der Waals surface area contributed by atoms with Gasteiger partial charge in [0.25, 0.3) is 5.91 Å². The van der Waals surface area contributed by atoms with Gasteiger partial charge in [-0.05, 0) is 79.4 Å². The third kappa shape index (κ3) is 7.54.